The molecule has 2 aromatic rings. The minimum Gasteiger partial charge on any atom is -0.344 e. The summed E-state index contributed by atoms with van der Waals surface area (Å²) in [6.07, 6.45) is 0. The van der Waals surface area contributed by atoms with Crippen LogP contribution in [0, 0.1) is 6.92 Å². The number of amides is 3. The molecule has 0 atom stereocenters. The molecular formula is C18H18ClN3O3. The van der Waals surface area contributed by atoms with E-state index in [0.717, 1.165) is 5.56 Å². The molecule has 130 valence electrons. The first-order valence-electron chi connectivity index (χ1n) is 7.57. The zero-order valence-corrected chi connectivity index (χ0v) is 14.6. The van der Waals surface area contributed by atoms with Gasteiger partial charge in [0, 0.05) is 29.9 Å². The Morgan fingerprint density at radius 2 is 1.60 bits per heavy atom. The molecule has 0 aliphatic heterocycles. The number of nitrogens with one attached hydrogen (secondary N) is 3. The van der Waals surface area contributed by atoms with Gasteiger partial charge in [-0.25, -0.2) is 0 Å². The third-order valence-corrected chi connectivity index (χ3v) is 3.68. The van der Waals surface area contributed by atoms with Crippen molar-refractivity contribution in [3.8, 4) is 0 Å². The van der Waals surface area contributed by atoms with Crippen LogP contribution in [0.25, 0.3) is 0 Å². The molecule has 6 nitrogen and oxygen atoms in total. The van der Waals surface area contributed by atoms with Crippen molar-refractivity contribution in [3.05, 3.63) is 58.6 Å². The molecule has 0 spiro atoms. The zero-order chi connectivity index (χ0) is 18.4. The molecule has 0 unspecified atom stereocenters. The third-order valence-electron chi connectivity index (χ3n) is 3.44. The molecule has 3 amide bonds. The van der Waals surface area contributed by atoms with Crippen LogP contribution < -0.4 is 16.0 Å². The first-order valence-corrected chi connectivity index (χ1v) is 7.95. The molecule has 0 heterocycles. The lowest BCUT2D eigenvalue weighted by molar-refractivity contribution is -0.136. The van der Waals surface area contributed by atoms with E-state index in [9.17, 15) is 14.4 Å². The Morgan fingerprint density at radius 1 is 0.960 bits per heavy atom. The Kier molecular flexibility index (Phi) is 6.14. The number of benzene rings is 2. The second kappa shape index (κ2) is 8.30. The van der Waals surface area contributed by atoms with Crippen LogP contribution in [0.15, 0.2) is 42.5 Å². The third kappa shape index (κ3) is 5.32. The van der Waals surface area contributed by atoms with Crippen molar-refractivity contribution in [3.63, 3.8) is 0 Å². The number of hydrogen-bond acceptors (Lipinski definition) is 3. The highest BCUT2D eigenvalue weighted by molar-refractivity contribution is 6.39. The Balaban J connectivity index is 1.99. The van der Waals surface area contributed by atoms with Crippen LogP contribution in [-0.2, 0) is 20.9 Å². The first-order chi connectivity index (χ1) is 11.9. The Labute approximate surface area is 150 Å². The molecule has 3 N–H and O–H groups in total. The van der Waals surface area contributed by atoms with Gasteiger partial charge in [0.25, 0.3) is 0 Å². The summed E-state index contributed by atoms with van der Waals surface area (Å²) in [5.74, 6) is -1.76. The van der Waals surface area contributed by atoms with Crippen molar-refractivity contribution in [1.82, 2.24) is 5.32 Å². The fourth-order valence-corrected chi connectivity index (χ4v) is 2.40. The van der Waals surface area contributed by atoms with Crippen LogP contribution in [0.5, 0.6) is 0 Å². The molecule has 0 aliphatic carbocycles. The minimum absolute atomic E-state index is 0.192. The quantitative estimate of drug-likeness (QED) is 0.733. The maximum Gasteiger partial charge on any atom is 0.313 e. The van der Waals surface area contributed by atoms with Crippen molar-refractivity contribution in [2.24, 2.45) is 0 Å². The zero-order valence-electron chi connectivity index (χ0n) is 13.9. The second-order valence-corrected chi connectivity index (χ2v) is 5.86. The summed E-state index contributed by atoms with van der Waals surface area (Å²) in [7, 11) is 0. The Bertz CT molecular complexity index is 821. The van der Waals surface area contributed by atoms with E-state index in [1.807, 2.05) is 0 Å². The molecule has 0 aromatic heterocycles. The molecule has 2 rings (SSSR count). The summed E-state index contributed by atoms with van der Waals surface area (Å²) in [6, 6.07) is 12.0. The van der Waals surface area contributed by atoms with Crippen molar-refractivity contribution in [1.29, 1.82) is 0 Å². The summed E-state index contributed by atoms with van der Waals surface area (Å²) >= 11 is 5.88. The summed E-state index contributed by atoms with van der Waals surface area (Å²) in [6.45, 7) is 3.33. The fraction of sp³-hybridized carbons (Fsp3) is 0.167. The minimum atomic E-state index is -0.787. The van der Waals surface area contributed by atoms with Gasteiger partial charge in [0.2, 0.25) is 5.91 Å². The fourth-order valence-electron chi connectivity index (χ4n) is 2.18. The molecule has 0 aliphatic rings. The van der Waals surface area contributed by atoms with Crippen LogP contribution in [0.3, 0.4) is 0 Å². The van der Waals surface area contributed by atoms with E-state index in [4.69, 9.17) is 11.6 Å². The van der Waals surface area contributed by atoms with Crippen molar-refractivity contribution < 1.29 is 14.4 Å². The summed E-state index contributed by atoms with van der Waals surface area (Å²) in [5, 5.41) is 8.30. The van der Waals surface area contributed by atoms with E-state index in [2.05, 4.69) is 16.0 Å². The van der Waals surface area contributed by atoms with Crippen LogP contribution in [-0.4, -0.2) is 17.7 Å². The van der Waals surface area contributed by atoms with Gasteiger partial charge >= 0.3 is 11.8 Å². The van der Waals surface area contributed by atoms with Gasteiger partial charge < -0.3 is 16.0 Å². The number of halogens is 1. The topological polar surface area (TPSA) is 87.3 Å². The average molecular weight is 360 g/mol. The van der Waals surface area contributed by atoms with E-state index in [-0.39, 0.29) is 12.5 Å². The van der Waals surface area contributed by atoms with E-state index < -0.39 is 11.8 Å². The van der Waals surface area contributed by atoms with Gasteiger partial charge in [-0.2, -0.15) is 0 Å². The van der Waals surface area contributed by atoms with Gasteiger partial charge in [0.1, 0.15) is 0 Å². The van der Waals surface area contributed by atoms with E-state index in [0.29, 0.717) is 22.0 Å². The number of carbonyl (C=O) groups excluding carboxylic acids is 3. The molecule has 0 fully saturated rings. The van der Waals surface area contributed by atoms with Gasteiger partial charge in [-0.3, -0.25) is 14.4 Å². The molecule has 7 heteroatoms. The lowest BCUT2D eigenvalue weighted by Gasteiger charge is -2.12. The van der Waals surface area contributed by atoms with Gasteiger partial charge in [-0.05, 0) is 42.3 Å². The van der Waals surface area contributed by atoms with Crippen molar-refractivity contribution in [2.75, 3.05) is 10.6 Å². The van der Waals surface area contributed by atoms with Gasteiger partial charge in [-0.1, -0.05) is 29.8 Å². The summed E-state index contributed by atoms with van der Waals surface area (Å²) in [5.41, 5.74) is 2.48. The van der Waals surface area contributed by atoms with E-state index in [1.54, 1.807) is 49.4 Å². The number of rotatable bonds is 4. The molecule has 0 saturated carbocycles. The second-order valence-electron chi connectivity index (χ2n) is 5.43. The van der Waals surface area contributed by atoms with Crippen molar-refractivity contribution in [2.45, 2.75) is 20.4 Å². The molecule has 0 radical (unpaired) electrons. The number of anilines is 2. The average Bonchev–Trinajstić information content (AvgIpc) is 2.56. The van der Waals surface area contributed by atoms with Crippen LogP contribution >= 0.6 is 11.6 Å². The van der Waals surface area contributed by atoms with E-state index in [1.165, 1.54) is 6.92 Å². The number of hydrogen-bond donors (Lipinski definition) is 3. The summed E-state index contributed by atoms with van der Waals surface area (Å²) < 4.78 is 0. The lowest BCUT2D eigenvalue weighted by Crippen LogP contribution is -2.35. The van der Waals surface area contributed by atoms with Crippen LogP contribution in [0.1, 0.15) is 18.1 Å². The molecule has 0 saturated heterocycles. The van der Waals surface area contributed by atoms with Gasteiger partial charge in [-0.15, -0.1) is 0 Å². The maximum absolute atomic E-state index is 12.0. The van der Waals surface area contributed by atoms with Gasteiger partial charge in [0.15, 0.2) is 0 Å². The Hall–Kier alpha value is -2.86. The molecule has 25 heavy (non-hydrogen) atoms. The van der Waals surface area contributed by atoms with E-state index >= 15 is 0 Å². The molecule has 2 aromatic carbocycles. The van der Waals surface area contributed by atoms with Crippen LogP contribution in [0.4, 0.5) is 11.4 Å². The lowest BCUT2D eigenvalue weighted by atomic mass is 10.1. The Morgan fingerprint density at radius 3 is 2.24 bits per heavy atom. The largest absolute Gasteiger partial charge is 0.344 e. The SMILES string of the molecule is CC(=O)Nc1cccc(NC(=O)C(=O)NCc2cccc(Cl)c2)c1C. The maximum atomic E-state index is 12.0. The highest BCUT2D eigenvalue weighted by atomic mass is 35.5. The highest BCUT2D eigenvalue weighted by Crippen LogP contribution is 2.23. The standard InChI is InChI=1S/C18H18ClN3O3/c1-11-15(21-12(2)23)7-4-8-16(11)22-18(25)17(24)20-10-13-5-3-6-14(19)9-13/h3-9H,10H2,1-2H3,(H,20,24)(H,21,23)(H,22,25). The number of carbonyl (C=O) groups is 3. The summed E-state index contributed by atoms with van der Waals surface area (Å²) in [4.78, 5) is 35.2. The smallest absolute Gasteiger partial charge is 0.313 e. The predicted octanol–water partition coefficient (Wildman–Crippen LogP) is 2.86. The molecular weight excluding hydrogens is 342 g/mol. The molecule has 0 bridgehead atoms. The van der Waals surface area contributed by atoms with Gasteiger partial charge in [0.05, 0.1) is 0 Å². The normalized spacial score (nSPS) is 10.0. The van der Waals surface area contributed by atoms with Crippen LogP contribution in [0.2, 0.25) is 5.02 Å². The predicted molar refractivity (Wildman–Crippen MR) is 97.4 cm³/mol. The monoisotopic (exact) mass is 359 g/mol. The highest BCUT2D eigenvalue weighted by Gasteiger charge is 2.15. The first kappa shape index (κ1) is 18.5. The van der Waals surface area contributed by atoms with Crippen molar-refractivity contribution >= 4 is 40.7 Å².